The molecule has 0 bridgehead atoms. The van der Waals surface area contributed by atoms with E-state index in [9.17, 15) is 10.1 Å². The molecule has 0 atom stereocenters. The van der Waals surface area contributed by atoms with Gasteiger partial charge in [-0.15, -0.1) is 0 Å². The van der Waals surface area contributed by atoms with Gasteiger partial charge in [-0.25, -0.2) is 0 Å². The SMILES string of the molecule is O=[N+]([O-])c1cccc(OCCOCCOCCO)c1. The number of nitrogens with zero attached hydrogens (tertiary/aromatic N) is 1. The molecule has 0 fully saturated rings. The molecule has 0 heterocycles. The molecular weight excluding hydrogens is 254 g/mol. The first-order valence-electron chi connectivity index (χ1n) is 5.87. The number of non-ortho nitro benzene ring substituents is 1. The van der Waals surface area contributed by atoms with E-state index in [2.05, 4.69) is 0 Å². The highest BCUT2D eigenvalue weighted by molar-refractivity contribution is 5.37. The number of aliphatic hydroxyl groups excluding tert-OH is 1. The maximum atomic E-state index is 10.5. The molecule has 0 unspecified atom stereocenters. The summed E-state index contributed by atoms with van der Waals surface area (Å²) in [5.74, 6) is 0.439. The van der Waals surface area contributed by atoms with Crippen LogP contribution >= 0.6 is 0 Å². The zero-order valence-electron chi connectivity index (χ0n) is 10.5. The Kier molecular flexibility index (Phi) is 7.48. The summed E-state index contributed by atoms with van der Waals surface area (Å²) in [6, 6.07) is 5.99. The van der Waals surface area contributed by atoms with Crippen molar-refractivity contribution in [1.29, 1.82) is 0 Å². The molecule has 0 saturated heterocycles. The topological polar surface area (TPSA) is 91.1 Å². The lowest BCUT2D eigenvalue weighted by Crippen LogP contribution is -2.11. The van der Waals surface area contributed by atoms with Crippen molar-refractivity contribution >= 4 is 5.69 Å². The normalized spacial score (nSPS) is 10.4. The van der Waals surface area contributed by atoms with Gasteiger partial charge in [-0.1, -0.05) is 6.07 Å². The van der Waals surface area contributed by atoms with Gasteiger partial charge < -0.3 is 19.3 Å². The van der Waals surface area contributed by atoms with Crippen molar-refractivity contribution in [1.82, 2.24) is 0 Å². The zero-order valence-corrected chi connectivity index (χ0v) is 10.5. The first kappa shape index (κ1) is 15.4. The summed E-state index contributed by atoms with van der Waals surface area (Å²) >= 11 is 0. The Morgan fingerprint density at radius 3 is 2.47 bits per heavy atom. The van der Waals surface area contributed by atoms with Gasteiger partial charge in [0.2, 0.25) is 0 Å². The third-order valence-electron chi connectivity index (χ3n) is 2.13. The number of benzene rings is 1. The first-order valence-corrected chi connectivity index (χ1v) is 5.87. The van der Waals surface area contributed by atoms with Crippen molar-refractivity contribution in [2.45, 2.75) is 0 Å². The van der Waals surface area contributed by atoms with Crippen LogP contribution in [0.1, 0.15) is 0 Å². The van der Waals surface area contributed by atoms with E-state index in [4.69, 9.17) is 19.3 Å². The molecule has 0 spiro atoms. The van der Waals surface area contributed by atoms with Crippen molar-refractivity contribution in [3.63, 3.8) is 0 Å². The molecular formula is C12H17NO6. The summed E-state index contributed by atoms with van der Waals surface area (Å²) < 4.78 is 15.5. The molecule has 1 N–H and O–H groups in total. The fraction of sp³-hybridized carbons (Fsp3) is 0.500. The molecule has 0 aliphatic heterocycles. The third kappa shape index (κ3) is 6.70. The van der Waals surface area contributed by atoms with Gasteiger partial charge >= 0.3 is 0 Å². The van der Waals surface area contributed by atoms with E-state index in [-0.39, 0.29) is 12.3 Å². The molecule has 19 heavy (non-hydrogen) atoms. The Morgan fingerprint density at radius 1 is 1.11 bits per heavy atom. The van der Waals surface area contributed by atoms with Crippen LogP contribution in [-0.4, -0.2) is 49.7 Å². The zero-order chi connectivity index (χ0) is 13.9. The summed E-state index contributed by atoms with van der Waals surface area (Å²) in [5, 5.41) is 19.0. The van der Waals surface area contributed by atoms with Crippen LogP contribution in [0.3, 0.4) is 0 Å². The molecule has 0 radical (unpaired) electrons. The smallest absolute Gasteiger partial charge is 0.273 e. The predicted octanol–water partition coefficient (Wildman–Crippen LogP) is 0.999. The number of ether oxygens (including phenoxy) is 3. The van der Waals surface area contributed by atoms with Gasteiger partial charge in [-0.05, 0) is 6.07 Å². The summed E-state index contributed by atoms with van der Waals surface area (Å²) in [6.45, 7) is 1.80. The van der Waals surface area contributed by atoms with Crippen molar-refractivity contribution < 1.29 is 24.2 Å². The van der Waals surface area contributed by atoms with Crippen molar-refractivity contribution in [3.05, 3.63) is 34.4 Å². The molecule has 0 aromatic heterocycles. The van der Waals surface area contributed by atoms with Crippen molar-refractivity contribution in [3.8, 4) is 5.75 Å². The Labute approximate surface area is 110 Å². The van der Waals surface area contributed by atoms with Crippen LogP contribution in [0.5, 0.6) is 5.75 Å². The summed E-state index contributed by atoms with van der Waals surface area (Å²) in [7, 11) is 0. The quantitative estimate of drug-likeness (QED) is 0.388. The van der Waals surface area contributed by atoms with Gasteiger partial charge in [0.05, 0.1) is 44.0 Å². The minimum absolute atomic E-state index is 0.00387. The molecule has 7 heteroatoms. The number of nitro groups is 1. The predicted molar refractivity (Wildman–Crippen MR) is 67.3 cm³/mol. The van der Waals surface area contributed by atoms with E-state index in [1.54, 1.807) is 12.1 Å². The minimum Gasteiger partial charge on any atom is -0.491 e. The van der Waals surface area contributed by atoms with Crippen molar-refractivity contribution in [2.75, 3.05) is 39.6 Å². The molecule has 7 nitrogen and oxygen atoms in total. The monoisotopic (exact) mass is 271 g/mol. The molecule has 0 amide bonds. The fourth-order valence-electron chi connectivity index (χ4n) is 1.29. The largest absolute Gasteiger partial charge is 0.491 e. The summed E-state index contributed by atoms with van der Waals surface area (Å²) in [4.78, 5) is 10.1. The van der Waals surface area contributed by atoms with Crippen LogP contribution in [0.4, 0.5) is 5.69 Å². The number of hydrogen-bond donors (Lipinski definition) is 1. The van der Waals surface area contributed by atoms with Crippen LogP contribution in [0.25, 0.3) is 0 Å². The molecule has 1 aromatic rings. The van der Waals surface area contributed by atoms with E-state index < -0.39 is 4.92 Å². The van der Waals surface area contributed by atoms with Crippen LogP contribution in [0, 0.1) is 10.1 Å². The fourth-order valence-corrected chi connectivity index (χ4v) is 1.29. The maximum absolute atomic E-state index is 10.5. The van der Waals surface area contributed by atoms with E-state index in [0.717, 1.165) is 0 Å². The standard InChI is InChI=1S/C12H17NO6/c14-4-5-17-6-7-18-8-9-19-12-3-1-2-11(10-12)13(15)16/h1-3,10,14H,4-9H2. The van der Waals surface area contributed by atoms with Gasteiger partial charge in [-0.3, -0.25) is 10.1 Å². The Bertz CT molecular complexity index is 384. The number of aliphatic hydroxyl groups is 1. The van der Waals surface area contributed by atoms with Crippen LogP contribution in [-0.2, 0) is 9.47 Å². The van der Waals surface area contributed by atoms with Gasteiger partial charge in [0.1, 0.15) is 12.4 Å². The van der Waals surface area contributed by atoms with Crippen LogP contribution in [0.2, 0.25) is 0 Å². The number of rotatable bonds is 10. The maximum Gasteiger partial charge on any atom is 0.273 e. The molecule has 0 aliphatic rings. The van der Waals surface area contributed by atoms with E-state index >= 15 is 0 Å². The van der Waals surface area contributed by atoms with Crippen LogP contribution in [0.15, 0.2) is 24.3 Å². The number of nitro benzene ring substituents is 1. The molecule has 1 rings (SSSR count). The van der Waals surface area contributed by atoms with Gasteiger partial charge in [-0.2, -0.15) is 0 Å². The van der Waals surface area contributed by atoms with Crippen molar-refractivity contribution in [2.24, 2.45) is 0 Å². The Balaban J connectivity index is 2.12. The highest BCUT2D eigenvalue weighted by Gasteiger charge is 2.05. The second-order valence-corrected chi connectivity index (χ2v) is 3.55. The molecule has 1 aromatic carbocycles. The second kappa shape index (κ2) is 9.26. The molecule has 106 valence electrons. The second-order valence-electron chi connectivity index (χ2n) is 3.55. The molecule has 0 saturated carbocycles. The van der Waals surface area contributed by atoms with E-state index in [1.807, 2.05) is 0 Å². The highest BCUT2D eigenvalue weighted by Crippen LogP contribution is 2.18. The van der Waals surface area contributed by atoms with Gasteiger partial charge in [0, 0.05) is 6.07 Å². The lowest BCUT2D eigenvalue weighted by atomic mass is 10.3. The van der Waals surface area contributed by atoms with Gasteiger partial charge in [0.25, 0.3) is 5.69 Å². The number of hydrogen-bond acceptors (Lipinski definition) is 6. The first-order chi connectivity index (χ1) is 9.24. The third-order valence-corrected chi connectivity index (χ3v) is 2.13. The highest BCUT2D eigenvalue weighted by atomic mass is 16.6. The minimum atomic E-state index is -0.470. The Hall–Kier alpha value is -1.70. The lowest BCUT2D eigenvalue weighted by molar-refractivity contribution is -0.384. The summed E-state index contributed by atoms with van der Waals surface area (Å²) in [6.07, 6.45) is 0. The van der Waals surface area contributed by atoms with E-state index in [0.29, 0.717) is 38.8 Å². The Morgan fingerprint density at radius 2 is 1.79 bits per heavy atom. The average molecular weight is 271 g/mol. The molecule has 0 aliphatic carbocycles. The average Bonchev–Trinajstić information content (AvgIpc) is 2.42. The lowest BCUT2D eigenvalue weighted by Gasteiger charge is -2.07. The van der Waals surface area contributed by atoms with Gasteiger partial charge in [0.15, 0.2) is 0 Å². The van der Waals surface area contributed by atoms with E-state index in [1.165, 1.54) is 12.1 Å². The summed E-state index contributed by atoms with van der Waals surface area (Å²) in [5.41, 5.74) is -0.00387. The van der Waals surface area contributed by atoms with Crippen LogP contribution < -0.4 is 4.74 Å².